The van der Waals surface area contributed by atoms with Gasteiger partial charge < -0.3 is 25.6 Å². The first-order chi connectivity index (χ1) is 15.2. The highest BCUT2D eigenvalue weighted by molar-refractivity contribution is 5.89. The number of carboxylic acids is 1. The SMILES string of the molecule is CC(C)C1C(/C=C/[C@@H](O)CC(O)CC(=O)O)=C(c2ccc(F)cc2)c2ccccc2[NH+]1[O-]. The van der Waals surface area contributed by atoms with Crippen molar-refractivity contribution in [2.45, 2.75) is 44.9 Å². The fourth-order valence-electron chi connectivity index (χ4n) is 4.18. The summed E-state index contributed by atoms with van der Waals surface area (Å²) in [5, 5.41) is 42.3. The van der Waals surface area contributed by atoms with Crippen molar-refractivity contribution in [3.8, 4) is 0 Å². The summed E-state index contributed by atoms with van der Waals surface area (Å²) >= 11 is 0. The Hall–Kier alpha value is -2.84. The molecule has 2 aromatic rings. The minimum Gasteiger partial charge on any atom is -0.628 e. The van der Waals surface area contributed by atoms with Gasteiger partial charge in [0.2, 0.25) is 0 Å². The van der Waals surface area contributed by atoms with Crippen molar-refractivity contribution in [3.05, 3.63) is 88.4 Å². The summed E-state index contributed by atoms with van der Waals surface area (Å²) in [7, 11) is 0. The number of benzene rings is 2. The van der Waals surface area contributed by atoms with E-state index in [9.17, 15) is 24.6 Å². The predicted octanol–water partition coefficient (Wildman–Crippen LogP) is 2.82. The monoisotopic (exact) mass is 441 g/mol. The number of rotatable bonds is 8. The first kappa shape index (κ1) is 23.8. The van der Waals surface area contributed by atoms with Crippen LogP contribution in [0.3, 0.4) is 0 Å². The molecule has 170 valence electrons. The molecule has 0 fully saturated rings. The Morgan fingerprint density at radius 1 is 1.16 bits per heavy atom. The Balaban J connectivity index is 2.10. The third-order valence-corrected chi connectivity index (χ3v) is 5.59. The van der Waals surface area contributed by atoms with Gasteiger partial charge in [0.1, 0.15) is 17.5 Å². The first-order valence-corrected chi connectivity index (χ1v) is 10.6. The third kappa shape index (κ3) is 5.31. The highest BCUT2D eigenvalue weighted by atomic mass is 19.1. The molecule has 1 aliphatic heterocycles. The van der Waals surface area contributed by atoms with Crippen LogP contribution in [0.1, 0.15) is 37.8 Å². The van der Waals surface area contributed by atoms with Gasteiger partial charge in [0, 0.05) is 35.1 Å². The molecule has 0 aliphatic carbocycles. The zero-order valence-electron chi connectivity index (χ0n) is 18.0. The lowest BCUT2D eigenvalue weighted by atomic mass is 9.81. The minimum atomic E-state index is -1.19. The average molecular weight is 441 g/mol. The summed E-state index contributed by atoms with van der Waals surface area (Å²) < 4.78 is 13.6. The van der Waals surface area contributed by atoms with E-state index in [0.29, 0.717) is 11.3 Å². The normalized spacial score (nSPS) is 20.5. The quantitative estimate of drug-likeness (QED) is 0.472. The number of para-hydroxylation sites is 1. The van der Waals surface area contributed by atoms with E-state index in [-0.39, 0.29) is 23.2 Å². The van der Waals surface area contributed by atoms with Gasteiger partial charge in [0.25, 0.3) is 0 Å². The Labute approximate surface area is 186 Å². The number of aliphatic hydroxyl groups is 2. The molecule has 0 saturated carbocycles. The lowest BCUT2D eigenvalue weighted by Crippen LogP contribution is -3.08. The van der Waals surface area contributed by atoms with Gasteiger partial charge in [-0.05, 0) is 23.8 Å². The van der Waals surface area contributed by atoms with Gasteiger partial charge in [-0.15, -0.1) is 0 Å². The second kappa shape index (κ2) is 10.2. The molecule has 0 aromatic heterocycles. The van der Waals surface area contributed by atoms with Gasteiger partial charge >= 0.3 is 5.97 Å². The maximum absolute atomic E-state index is 13.6. The van der Waals surface area contributed by atoms with Crippen LogP contribution in [-0.2, 0) is 4.79 Å². The number of hydrogen-bond donors (Lipinski definition) is 4. The number of aliphatic carboxylic acids is 1. The number of nitrogens with one attached hydrogen (secondary N) is 1. The van der Waals surface area contributed by atoms with E-state index in [1.54, 1.807) is 24.3 Å². The maximum Gasteiger partial charge on any atom is 0.305 e. The van der Waals surface area contributed by atoms with Crippen molar-refractivity contribution in [1.82, 2.24) is 0 Å². The van der Waals surface area contributed by atoms with Crippen LogP contribution in [0.4, 0.5) is 10.1 Å². The van der Waals surface area contributed by atoms with Crippen LogP contribution in [0.25, 0.3) is 5.57 Å². The van der Waals surface area contributed by atoms with Crippen LogP contribution in [0.15, 0.2) is 66.3 Å². The van der Waals surface area contributed by atoms with Gasteiger partial charge in [-0.2, -0.15) is 0 Å². The molecule has 3 unspecified atom stereocenters. The molecule has 0 saturated heterocycles. The van der Waals surface area contributed by atoms with Crippen molar-refractivity contribution in [2.75, 3.05) is 0 Å². The Morgan fingerprint density at radius 2 is 1.81 bits per heavy atom. The zero-order chi connectivity index (χ0) is 23.4. The minimum absolute atomic E-state index is 0.0264. The average Bonchev–Trinajstić information content (AvgIpc) is 2.72. The molecular weight excluding hydrogens is 413 g/mol. The molecule has 6 nitrogen and oxygen atoms in total. The summed E-state index contributed by atoms with van der Waals surface area (Å²) in [6.45, 7) is 3.89. The second-order valence-electron chi connectivity index (χ2n) is 8.38. The van der Waals surface area contributed by atoms with Gasteiger partial charge in [0.15, 0.2) is 0 Å². The highest BCUT2D eigenvalue weighted by Gasteiger charge is 2.35. The summed E-state index contributed by atoms with van der Waals surface area (Å²) in [6.07, 6.45) is 0.266. The molecule has 0 bridgehead atoms. The van der Waals surface area contributed by atoms with Crippen molar-refractivity contribution in [1.29, 1.82) is 0 Å². The maximum atomic E-state index is 13.6. The lowest BCUT2D eigenvalue weighted by Gasteiger charge is -2.40. The lowest BCUT2D eigenvalue weighted by molar-refractivity contribution is -0.805. The second-order valence-corrected chi connectivity index (χ2v) is 8.38. The molecule has 7 heteroatoms. The van der Waals surface area contributed by atoms with Crippen molar-refractivity contribution in [3.63, 3.8) is 0 Å². The number of hydrogen-bond acceptors (Lipinski definition) is 4. The molecule has 1 aliphatic rings. The smallest absolute Gasteiger partial charge is 0.305 e. The number of halogens is 1. The Kier molecular flexibility index (Phi) is 7.58. The molecule has 0 radical (unpaired) electrons. The summed E-state index contributed by atoms with van der Waals surface area (Å²) in [5.41, 5.74) is 3.56. The molecule has 3 rings (SSSR count). The summed E-state index contributed by atoms with van der Waals surface area (Å²) in [4.78, 5) is 10.8. The molecule has 0 amide bonds. The third-order valence-electron chi connectivity index (χ3n) is 5.59. The topological polar surface area (TPSA) is 105 Å². The van der Waals surface area contributed by atoms with E-state index in [2.05, 4.69) is 0 Å². The van der Waals surface area contributed by atoms with Crippen LogP contribution in [-0.4, -0.2) is 39.5 Å². The van der Waals surface area contributed by atoms with Gasteiger partial charge in [-0.3, -0.25) is 4.79 Å². The van der Waals surface area contributed by atoms with Gasteiger partial charge in [-0.1, -0.05) is 50.3 Å². The number of fused-ring (bicyclic) bond motifs is 1. The number of hydroxylamine groups is 1. The van der Waals surface area contributed by atoms with Gasteiger partial charge in [-0.25, -0.2) is 4.39 Å². The van der Waals surface area contributed by atoms with Crippen LogP contribution in [0.5, 0.6) is 0 Å². The number of aliphatic hydroxyl groups excluding tert-OH is 2. The Morgan fingerprint density at radius 3 is 2.44 bits per heavy atom. The standard InChI is InChI=1S/C25H28FNO5/c1-15(2)25-21(12-11-18(28)13-19(29)14-23(30)31)24(16-7-9-17(26)10-8-16)20-5-3-4-6-22(20)27(25)32/h3-12,15,18-19,25,27-29H,13-14H2,1-2H3,(H,30,31)/b12-11+/t18-,19?,25?/m1/s1. The fourth-order valence-corrected chi connectivity index (χ4v) is 4.18. The molecular formula is C25H28FNO5. The molecule has 32 heavy (non-hydrogen) atoms. The van der Waals surface area contributed by atoms with Crippen molar-refractivity contribution < 1.29 is 29.6 Å². The number of carboxylic acid groups (broad SMARTS) is 1. The Bertz CT molecular complexity index is 1020. The molecule has 1 heterocycles. The zero-order valence-corrected chi connectivity index (χ0v) is 18.0. The summed E-state index contributed by atoms with van der Waals surface area (Å²) in [6, 6.07) is 12.9. The molecule has 4 N–H and O–H groups in total. The van der Waals surface area contributed by atoms with Crippen molar-refractivity contribution in [2.24, 2.45) is 5.92 Å². The number of quaternary nitrogens is 1. The highest BCUT2D eigenvalue weighted by Crippen LogP contribution is 2.37. The number of carbonyl (C=O) groups is 1. The van der Waals surface area contributed by atoms with Gasteiger partial charge in [0.05, 0.1) is 18.6 Å². The largest absolute Gasteiger partial charge is 0.628 e. The molecule has 4 atom stereocenters. The van der Waals surface area contributed by atoms with E-state index < -0.39 is 30.6 Å². The molecule has 0 spiro atoms. The first-order valence-electron chi connectivity index (χ1n) is 10.6. The van der Waals surface area contributed by atoms with Crippen LogP contribution in [0, 0.1) is 16.9 Å². The van der Waals surface area contributed by atoms with E-state index in [1.807, 2.05) is 32.0 Å². The summed E-state index contributed by atoms with van der Waals surface area (Å²) in [5.74, 6) is -1.56. The predicted molar refractivity (Wildman–Crippen MR) is 120 cm³/mol. The molecule has 2 aromatic carbocycles. The van der Waals surface area contributed by atoms with E-state index in [4.69, 9.17) is 5.11 Å². The van der Waals surface area contributed by atoms with Crippen LogP contribution < -0.4 is 5.06 Å². The fraction of sp³-hybridized carbons (Fsp3) is 0.320. The van der Waals surface area contributed by atoms with E-state index in [0.717, 1.165) is 16.7 Å². The van der Waals surface area contributed by atoms with E-state index >= 15 is 0 Å². The van der Waals surface area contributed by atoms with Crippen molar-refractivity contribution >= 4 is 17.2 Å². The van der Waals surface area contributed by atoms with E-state index in [1.165, 1.54) is 18.2 Å². The van der Waals surface area contributed by atoms with Crippen LogP contribution in [0.2, 0.25) is 0 Å². The van der Waals surface area contributed by atoms with Crippen LogP contribution >= 0.6 is 0 Å².